The molecule has 1 aliphatic carbocycles. The van der Waals surface area contributed by atoms with Gasteiger partial charge >= 0.3 is 0 Å². The highest BCUT2D eigenvalue weighted by atomic mass is 32.2. The van der Waals surface area contributed by atoms with E-state index in [4.69, 9.17) is 4.74 Å². The van der Waals surface area contributed by atoms with Gasteiger partial charge in [0, 0.05) is 12.6 Å². The van der Waals surface area contributed by atoms with Gasteiger partial charge in [-0.05, 0) is 56.9 Å². The fourth-order valence-corrected chi connectivity index (χ4v) is 6.21. The Labute approximate surface area is 122 Å². The topological polar surface area (TPSA) is 55.4 Å². The molecule has 116 valence electrons. The van der Waals surface area contributed by atoms with E-state index in [2.05, 4.69) is 12.2 Å². The molecule has 5 heteroatoms. The third kappa shape index (κ3) is 2.90. The average Bonchev–Trinajstić information content (AvgIpc) is 2.74. The summed E-state index contributed by atoms with van der Waals surface area (Å²) in [5.74, 6) is 1.66. The lowest BCUT2D eigenvalue weighted by Crippen LogP contribution is -2.52. The molecule has 1 saturated carbocycles. The zero-order chi connectivity index (χ0) is 14.2. The van der Waals surface area contributed by atoms with Crippen LogP contribution < -0.4 is 5.32 Å². The van der Waals surface area contributed by atoms with Crippen LogP contribution in [0.2, 0.25) is 0 Å². The predicted octanol–water partition coefficient (Wildman–Crippen LogP) is 1.75. The molecule has 0 radical (unpaired) electrons. The van der Waals surface area contributed by atoms with Crippen molar-refractivity contribution < 1.29 is 13.2 Å². The van der Waals surface area contributed by atoms with E-state index in [-0.39, 0.29) is 5.60 Å². The highest BCUT2D eigenvalue weighted by molar-refractivity contribution is 7.91. The van der Waals surface area contributed by atoms with Gasteiger partial charge in [0.2, 0.25) is 0 Å². The van der Waals surface area contributed by atoms with Gasteiger partial charge in [0.15, 0.2) is 9.84 Å². The lowest BCUT2D eigenvalue weighted by atomic mass is 9.69. The number of ether oxygens (including phenoxy) is 1. The van der Waals surface area contributed by atoms with Crippen molar-refractivity contribution in [2.75, 3.05) is 24.7 Å². The van der Waals surface area contributed by atoms with Crippen molar-refractivity contribution in [2.24, 2.45) is 11.8 Å². The summed E-state index contributed by atoms with van der Waals surface area (Å²) in [5, 5.41) is 3.60. The van der Waals surface area contributed by atoms with Crippen LogP contribution in [-0.4, -0.2) is 44.7 Å². The second-order valence-electron chi connectivity index (χ2n) is 6.88. The zero-order valence-corrected chi connectivity index (χ0v) is 13.3. The third-order valence-corrected chi connectivity index (χ3v) is 7.31. The van der Waals surface area contributed by atoms with Gasteiger partial charge in [-0.15, -0.1) is 0 Å². The second-order valence-corrected chi connectivity index (χ2v) is 9.11. The standard InChI is InChI=1S/C15H27NO3S/c1-2-16-14(13-5-9-20(17,18)11-13)12-4-8-19-15(10-12)6-3-7-15/h12-14,16H,2-11H2,1H3. The molecule has 1 spiro atoms. The molecule has 1 N–H and O–H groups in total. The Hall–Kier alpha value is -0.130. The Morgan fingerprint density at radius 1 is 1.30 bits per heavy atom. The predicted molar refractivity (Wildman–Crippen MR) is 79.5 cm³/mol. The first-order chi connectivity index (χ1) is 9.54. The van der Waals surface area contributed by atoms with Gasteiger partial charge in [0.05, 0.1) is 17.1 Å². The smallest absolute Gasteiger partial charge is 0.150 e. The van der Waals surface area contributed by atoms with Crippen LogP contribution in [0.4, 0.5) is 0 Å². The van der Waals surface area contributed by atoms with E-state index in [0.717, 1.165) is 32.4 Å². The summed E-state index contributed by atoms with van der Waals surface area (Å²) in [6, 6.07) is 0.360. The summed E-state index contributed by atoms with van der Waals surface area (Å²) in [4.78, 5) is 0. The summed E-state index contributed by atoms with van der Waals surface area (Å²) in [5.41, 5.74) is 0.147. The van der Waals surface area contributed by atoms with Crippen molar-refractivity contribution in [1.29, 1.82) is 0 Å². The van der Waals surface area contributed by atoms with Crippen molar-refractivity contribution in [2.45, 2.75) is 57.1 Å². The van der Waals surface area contributed by atoms with E-state index >= 15 is 0 Å². The molecule has 20 heavy (non-hydrogen) atoms. The highest BCUT2D eigenvalue weighted by Crippen LogP contribution is 2.46. The molecule has 0 aromatic heterocycles. The van der Waals surface area contributed by atoms with Crippen LogP contribution in [0.3, 0.4) is 0 Å². The molecule has 3 rings (SSSR count). The molecule has 3 atom stereocenters. The van der Waals surface area contributed by atoms with Crippen LogP contribution in [0.1, 0.15) is 45.4 Å². The van der Waals surface area contributed by atoms with Crippen LogP contribution in [0.25, 0.3) is 0 Å². The maximum Gasteiger partial charge on any atom is 0.150 e. The normalized spacial score (nSPS) is 36.6. The summed E-state index contributed by atoms with van der Waals surface area (Å²) >= 11 is 0. The molecule has 3 aliphatic rings. The van der Waals surface area contributed by atoms with Gasteiger partial charge in [0.1, 0.15) is 0 Å². The Bertz CT molecular complexity index is 444. The minimum absolute atomic E-state index is 0.147. The SMILES string of the molecule is CCNC(C1CCOC2(CCC2)C1)C1CCS(=O)(=O)C1. The fourth-order valence-electron chi connectivity index (χ4n) is 4.35. The van der Waals surface area contributed by atoms with E-state index in [1.807, 2.05) is 0 Å². The van der Waals surface area contributed by atoms with Gasteiger partial charge in [-0.2, -0.15) is 0 Å². The van der Waals surface area contributed by atoms with Crippen molar-refractivity contribution in [3.63, 3.8) is 0 Å². The first-order valence-corrected chi connectivity index (χ1v) is 9.93. The highest BCUT2D eigenvalue weighted by Gasteiger charge is 2.46. The van der Waals surface area contributed by atoms with Crippen LogP contribution in [0.5, 0.6) is 0 Å². The van der Waals surface area contributed by atoms with Crippen LogP contribution in [0.15, 0.2) is 0 Å². The molecule has 0 aromatic carbocycles. The van der Waals surface area contributed by atoms with Gasteiger partial charge < -0.3 is 10.1 Å². The Balaban J connectivity index is 1.70. The molecule has 2 aliphatic heterocycles. The average molecular weight is 301 g/mol. The molecule has 4 nitrogen and oxygen atoms in total. The van der Waals surface area contributed by atoms with Crippen LogP contribution in [-0.2, 0) is 14.6 Å². The van der Waals surface area contributed by atoms with Gasteiger partial charge in [-0.1, -0.05) is 6.92 Å². The van der Waals surface area contributed by atoms with Gasteiger partial charge in [-0.3, -0.25) is 0 Å². The first-order valence-electron chi connectivity index (χ1n) is 8.11. The molecular weight excluding hydrogens is 274 g/mol. The van der Waals surface area contributed by atoms with E-state index < -0.39 is 9.84 Å². The number of sulfone groups is 1. The van der Waals surface area contributed by atoms with E-state index in [1.54, 1.807) is 0 Å². The lowest BCUT2D eigenvalue weighted by Gasteiger charge is -2.49. The second kappa shape index (κ2) is 5.58. The number of hydrogen-bond acceptors (Lipinski definition) is 4. The third-order valence-electron chi connectivity index (χ3n) is 5.52. The molecule has 0 aromatic rings. The largest absolute Gasteiger partial charge is 0.375 e. The summed E-state index contributed by atoms with van der Waals surface area (Å²) in [7, 11) is -2.79. The molecule has 2 heterocycles. The maximum absolute atomic E-state index is 11.8. The van der Waals surface area contributed by atoms with E-state index in [9.17, 15) is 8.42 Å². The van der Waals surface area contributed by atoms with Crippen molar-refractivity contribution in [3.05, 3.63) is 0 Å². The Morgan fingerprint density at radius 2 is 2.10 bits per heavy atom. The quantitative estimate of drug-likeness (QED) is 0.859. The molecule has 3 fully saturated rings. The fraction of sp³-hybridized carbons (Fsp3) is 1.00. The number of hydrogen-bond donors (Lipinski definition) is 1. The van der Waals surface area contributed by atoms with Crippen molar-refractivity contribution >= 4 is 9.84 Å². The van der Waals surface area contributed by atoms with Crippen molar-refractivity contribution in [1.82, 2.24) is 5.32 Å². The van der Waals surface area contributed by atoms with E-state index in [1.165, 1.54) is 19.3 Å². The first kappa shape index (κ1) is 14.8. The van der Waals surface area contributed by atoms with E-state index in [0.29, 0.717) is 29.4 Å². The molecule has 2 saturated heterocycles. The molecule has 0 bridgehead atoms. The van der Waals surface area contributed by atoms with Crippen LogP contribution >= 0.6 is 0 Å². The molecule has 0 amide bonds. The van der Waals surface area contributed by atoms with Crippen LogP contribution in [0, 0.1) is 11.8 Å². The molecule has 3 unspecified atom stereocenters. The minimum Gasteiger partial charge on any atom is -0.375 e. The monoisotopic (exact) mass is 301 g/mol. The summed E-state index contributed by atoms with van der Waals surface area (Å²) in [6.45, 7) is 3.90. The minimum atomic E-state index is -2.79. The van der Waals surface area contributed by atoms with Crippen molar-refractivity contribution in [3.8, 4) is 0 Å². The van der Waals surface area contributed by atoms with Gasteiger partial charge in [-0.25, -0.2) is 8.42 Å². The number of rotatable bonds is 4. The summed E-state index contributed by atoms with van der Waals surface area (Å²) in [6.07, 6.45) is 6.73. The number of nitrogens with one attached hydrogen (secondary N) is 1. The maximum atomic E-state index is 11.8. The Morgan fingerprint density at radius 3 is 2.65 bits per heavy atom. The zero-order valence-electron chi connectivity index (χ0n) is 12.4. The lowest BCUT2D eigenvalue weighted by molar-refractivity contribution is -0.148. The Kier molecular flexibility index (Phi) is 4.13. The molecular formula is C15H27NO3S. The summed E-state index contributed by atoms with van der Waals surface area (Å²) < 4.78 is 29.6. The van der Waals surface area contributed by atoms with Gasteiger partial charge in [0.25, 0.3) is 0 Å².